The fourth-order valence-electron chi connectivity index (χ4n) is 2.90. The van der Waals surface area contributed by atoms with Crippen LogP contribution in [0.2, 0.25) is 0 Å². The van der Waals surface area contributed by atoms with Crippen molar-refractivity contribution in [3.63, 3.8) is 0 Å². The smallest absolute Gasteiger partial charge is 0.336 e. The zero-order chi connectivity index (χ0) is 24.2. The molecule has 1 N–H and O–H groups in total. The van der Waals surface area contributed by atoms with Gasteiger partial charge in [0.1, 0.15) is 11.5 Å². The molecule has 1 amide bonds. The number of rotatable bonds is 10. The highest BCUT2D eigenvalue weighted by molar-refractivity contribution is 9.10. The molecule has 0 fully saturated rings. The number of hydrazone groups is 1. The zero-order valence-electron chi connectivity index (χ0n) is 18.3. The number of nitrogens with one attached hydrogen (secondary N) is 1. The summed E-state index contributed by atoms with van der Waals surface area (Å²) in [7, 11) is 0. The van der Waals surface area contributed by atoms with Crippen LogP contribution >= 0.6 is 15.9 Å². The summed E-state index contributed by atoms with van der Waals surface area (Å²) in [4.78, 5) is 24.4. The first-order valence-corrected chi connectivity index (χ1v) is 11.2. The normalized spacial score (nSPS) is 10.9. The lowest BCUT2D eigenvalue weighted by molar-refractivity contribution is -0.129. The van der Waals surface area contributed by atoms with E-state index in [-0.39, 0.29) is 6.61 Å². The van der Waals surface area contributed by atoms with Crippen molar-refractivity contribution in [2.75, 3.05) is 6.61 Å². The maximum absolute atomic E-state index is 12.2. The number of hydrogen-bond acceptors (Lipinski definition) is 5. The van der Waals surface area contributed by atoms with Crippen molar-refractivity contribution in [3.8, 4) is 11.5 Å². The minimum Gasteiger partial charge on any atom is -0.483 e. The minimum absolute atomic E-state index is 0.198. The molecule has 7 heteroatoms. The molecule has 0 aromatic heterocycles. The van der Waals surface area contributed by atoms with E-state index in [2.05, 4.69) is 33.0 Å². The lowest BCUT2D eigenvalue weighted by Crippen LogP contribution is -2.24. The molecule has 34 heavy (non-hydrogen) atoms. The van der Waals surface area contributed by atoms with Crippen LogP contribution in [0.15, 0.2) is 101 Å². The minimum atomic E-state index is -0.531. The molecule has 0 saturated heterocycles. The SMILES string of the molecule is C=CCc1ccccc1OCC(=O)NN=Cc1cc(Br)ccc1OC(=O)C=Cc1ccccc1. The highest BCUT2D eigenvalue weighted by Crippen LogP contribution is 2.22. The molecule has 0 aliphatic rings. The molecule has 3 aromatic rings. The van der Waals surface area contributed by atoms with Gasteiger partial charge in [-0.05, 0) is 47.9 Å². The number of halogens is 1. The van der Waals surface area contributed by atoms with Crippen LogP contribution in [-0.2, 0) is 16.0 Å². The predicted molar refractivity (Wildman–Crippen MR) is 137 cm³/mol. The van der Waals surface area contributed by atoms with Gasteiger partial charge in [0.05, 0.1) is 6.21 Å². The molecule has 0 aliphatic carbocycles. The summed E-state index contributed by atoms with van der Waals surface area (Å²) in [5, 5.41) is 3.96. The predicted octanol–water partition coefficient (Wildman–Crippen LogP) is 5.33. The fourth-order valence-corrected chi connectivity index (χ4v) is 3.28. The highest BCUT2D eigenvalue weighted by atomic mass is 79.9. The van der Waals surface area contributed by atoms with Crippen molar-refractivity contribution >= 4 is 40.1 Å². The Morgan fingerprint density at radius 3 is 2.56 bits per heavy atom. The molecule has 0 radical (unpaired) electrons. The first-order valence-electron chi connectivity index (χ1n) is 10.4. The first-order chi connectivity index (χ1) is 16.5. The summed E-state index contributed by atoms with van der Waals surface area (Å²) >= 11 is 3.38. The van der Waals surface area contributed by atoms with Gasteiger partial charge in [-0.1, -0.05) is 70.5 Å². The second kappa shape index (κ2) is 12.9. The van der Waals surface area contributed by atoms with E-state index in [4.69, 9.17) is 9.47 Å². The van der Waals surface area contributed by atoms with Crippen LogP contribution in [0.1, 0.15) is 16.7 Å². The number of para-hydroxylation sites is 1. The van der Waals surface area contributed by atoms with Crippen LogP contribution in [0.4, 0.5) is 0 Å². The average molecular weight is 519 g/mol. The molecular weight excluding hydrogens is 496 g/mol. The van der Waals surface area contributed by atoms with E-state index in [1.165, 1.54) is 12.3 Å². The average Bonchev–Trinajstić information content (AvgIpc) is 2.84. The third-order valence-corrected chi connectivity index (χ3v) is 4.98. The van der Waals surface area contributed by atoms with E-state index in [9.17, 15) is 9.59 Å². The van der Waals surface area contributed by atoms with Crippen molar-refractivity contribution < 1.29 is 19.1 Å². The van der Waals surface area contributed by atoms with Crippen LogP contribution in [0.5, 0.6) is 11.5 Å². The highest BCUT2D eigenvalue weighted by Gasteiger charge is 2.08. The zero-order valence-corrected chi connectivity index (χ0v) is 19.9. The van der Waals surface area contributed by atoms with Crippen LogP contribution in [-0.4, -0.2) is 24.7 Å². The maximum Gasteiger partial charge on any atom is 0.336 e. The number of esters is 1. The van der Waals surface area contributed by atoms with Crippen LogP contribution in [0.25, 0.3) is 6.08 Å². The number of allylic oxidation sites excluding steroid dienone is 1. The monoisotopic (exact) mass is 518 g/mol. The van der Waals surface area contributed by atoms with Gasteiger partial charge in [-0.3, -0.25) is 4.79 Å². The molecule has 0 saturated carbocycles. The summed E-state index contributed by atoms with van der Waals surface area (Å²) < 4.78 is 11.8. The molecule has 3 aromatic carbocycles. The Labute approximate surface area is 206 Å². The number of benzene rings is 3. The molecule has 0 atom stereocenters. The maximum atomic E-state index is 12.2. The summed E-state index contributed by atoms with van der Waals surface area (Å²) in [6.45, 7) is 3.53. The van der Waals surface area contributed by atoms with Crippen LogP contribution in [0.3, 0.4) is 0 Å². The first kappa shape index (κ1) is 24.7. The number of amides is 1. The van der Waals surface area contributed by atoms with Crippen molar-refractivity contribution in [1.29, 1.82) is 0 Å². The summed E-state index contributed by atoms with van der Waals surface area (Å²) in [6, 6.07) is 22.0. The third-order valence-electron chi connectivity index (χ3n) is 4.48. The molecular formula is C27H23BrN2O4. The Kier molecular flexibility index (Phi) is 9.37. The van der Waals surface area contributed by atoms with Gasteiger partial charge in [0, 0.05) is 16.1 Å². The topological polar surface area (TPSA) is 77.0 Å². The molecule has 3 rings (SSSR count). The lowest BCUT2D eigenvalue weighted by Gasteiger charge is -2.09. The second-order valence-corrected chi connectivity index (χ2v) is 7.95. The number of hydrogen-bond donors (Lipinski definition) is 1. The number of carbonyl (C=O) groups is 2. The van der Waals surface area contributed by atoms with E-state index < -0.39 is 11.9 Å². The Morgan fingerprint density at radius 2 is 1.76 bits per heavy atom. The van der Waals surface area contributed by atoms with Crippen LogP contribution in [0, 0.1) is 0 Å². The Hall–Kier alpha value is -3.97. The Bertz CT molecular complexity index is 1210. The fraction of sp³-hybridized carbons (Fsp3) is 0.0741. The summed E-state index contributed by atoms with van der Waals surface area (Å²) in [5.74, 6) is -0.0368. The molecule has 172 valence electrons. The molecule has 0 spiro atoms. The summed E-state index contributed by atoms with van der Waals surface area (Å²) in [6.07, 6.45) is 6.83. The van der Waals surface area contributed by atoms with Gasteiger partial charge in [-0.25, -0.2) is 10.2 Å². The van der Waals surface area contributed by atoms with Gasteiger partial charge in [0.2, 0.25) is 0 Å². The van der Waals surface area contributed by atoms with E-state index in [0.29, 0.717) is 23.5 Å². The van der Waals surface area contributed by atoms with Crippen LogP contribution < -0.4 is 14.9 Å². The van der Waals surface area contributed by atoms with Crippen molar-refractivity contribution in [2.45, 2.75) is 6.42 Å². The number of carbonyl (C=O) groups excluding carboxylic acids is 2. The van der Waals surface area contributed by atoms with E-state index in [0.717, 1.165) is 15.6 Å². The largest absolute Gasteiger partial charge is 0.483 e. The van der Waals surface area contributed by atoms with E-state index in [1.54, 1.807) is 36.4 Å². The summed E-state index contributed by atoms with van der Waals surface area (Å²) in [5.41, 5.74) is 4.75. The van der Waals surface area contributed by atoms with Gasteiger partial charge in [0.25, 0.3) is 5.91 Å². The van der Waals surface area contributed by atoms with Gasteiger partial charge in [0.15, 0.2) is 6.61 Å². The molecule has 0 bridgehead atoms. The molecule has 0 unspecified atom stereocenters. The molecule has 0 aliphatic heterocycles. The quantitative estimate of drug-likeness (QED) is 0.0982. The van der Waals surface area contributed by atoms with Gasteiger partial charge >= 0.3 is 5.97 Å². The lowest BCUT2D eigenvalue weighted by atomic mass is 10.1. The Balaban J connectivity index is 1.58. The van der Waals surface area contributed by atoms with Gasteiger partial charge in [-0.2, -0.15) is 5.10 Å². The molecule has 0 heterocycles. The molecule has 6 nitrogen and oxygen atoms in total. The van der Waals surface area contributed by atoms with Crippen molar-refractivity contribution in [2.24, 2.45) is 5.10 Å². The number of nitrogens with zero attached hydrogens (tertiary/aromatic N) is 1. The van der Waals surface area contributed by atoms with Gasteiger partial charge < -0.3 is 9.47 Å². The standard InChI is InChI=1S/C27H23BrN2O4/c1-2-8-21-11-6-7-12-24(21)33-19-26(31)30-29-18-22-17-23(28)14-15-25(22)34-27(32)16-13-20-9-4-3-5-10-20/h2-7,9-18H,1,8,19H2,(H,30,31). The number of ether oxygens (including phenoxy) is 2. The van der Waals surface area contributed by atoms with Crippen molar-refractivity contribution in [1.82, 2.24) is 5.43 Å². The van der Waals surface area contributed by atoms with E-state index >= 15 is 0 Å². The van der Waals surface area contributed by atoms with Crippen molar-refractivity contribution in [3.05, 3.63) is 113 Å². The second-order valence-electron chi connectivity index (χ2n) is 7.03. The third kappa shape index (κ3) is 7.86. The van der Waals surface area contributed by atoms with Gasteiger partial charge in [-0.15, -0.1) is 6.58 Å². The Morgan fingerprint density at radius 1 is 1.00 bits per heavy atom. The van der Waals surface area contributed by atoms with E-state index in [1.807, 2.05) is 48.5 Å².